The second-order valence-corrected chi connectivity index (χ2v) is 6.21. The van der Waals surface area contributed by atoms with E-state index >= 15 is 0 Å². The minimum Gasteiger partial charge on any atom is -0.378 e. The van der Waals surface area contributed by atoms with Crippen molar-refractivity contribution < 1.29 is 9.53 Å². The minimum atomic E-state index is 0.0608. The van der Waals surface area contributed by atoms with Crippen LogP contribution in [0.1, 0.15) is 32.6 Å². The van der Waals surface area contributed by atoms with Crippen LogP contribution in [-0.2, 0) is 16.1 Å². The molecule has 6 nitrogen and oxygen atoms in total. The summed E-state index contributed by atoms with van der Waals surface area (Å²) in [4.78, 5) is 18.6. The van der Waals surface area contributed by atoms with Crippen LogP contribution in [0.4, 0.5) is 0 Å². The van der Waals surface area contributed by atoms with Crippen molar-refractivity contribution in [3.05, 3.63) is 12.7 Å². The molecule has 0 radical (unpaired) electrons. The lowest BCUT2D eigenvalue weighted by Gasteiger charge is -2.37. The zero-order chi connectivity index (χ0) is 14.7. The Bertz CT molecular complexity index is 454. The van der Waals surface area contributed by atoms with Crippen LogP contribution in [0.2, 0.25) is 0 Å². The second-order valence-electron chi connectivity index (χ2n) is 6.21. The number of piperidine rings is 1. The average Bonchev–Trinajstić information content (AvgIpc) is 3.01. The molecule has 0 saturated carbocycles. The Hall–Kier alpha value is -1.43. The quantitative estimate of drug-likeness (QED) is 0.843. The van der Waals surface area contributed by atoms with Crippen molar-refractivity contribution in [2.24, 2.45) is 11.8 Å². The van der Waals surface area contributed by atoms with Gasteiger partial charge in [-0.15, -0.1) is 0 Å². The van der Waals surface area contributed by atoms with Crippen molar-refractivity contribution in [1.29, 1.82) is 0 Å². The summed E-state index contributed by atoms with van der Waals surface area (Å²) in [7, 11) is 0. The number of aromatic nitrogens is 3. The summed E-state index contributed by atoms with van der Waals surface area (Å²) < 4.78 is 7.52. The molecule has 0 spiro atoms. The molecule has 0 unspecified atom stereocenters. The molecule has 6 heteroatoms. The van der Waals surface area contributed by atoms with E-state index in [2.05, 4.69) is 10.1 Å². The lowest BCUT2D eigenvalue weighted by molar-refractivity contribution is -0.145. The van der Waals surface area contributed by atoms with Gasteiger partial charge in [-0.3, -0.25) is 9.48 Å². The van der Waals surface area contributed by atoms with E-state index in [1.54, 1.807) is 12.7 Å². The number of likely N-dealkylation sites (tertiary alicyclic amines) is 1. The van der Waals surface area contributed by atoms with E-state index in [-0.39, 0.29) is 12.0 Å². The Morgan fingerprint density at radius 3 is 2.81 bits per heavy atom. The SMILES string of the molecule is C[C@H]1OCCC[C@@H]1C(=O)N1CCC(Cn2cncn2)CC1. The van der Waals surface area contributed by atoms with Crippen LogP contribution in [0.3, 0.4) is 0 Å². The minimum absolute atomic E-state index is 0.0608. The summed E-state index contributed by atoms with van der Waals surface area (Å²) in [6.45, 7) is 5.46. The number of amides is 1. The van der Waals surface area contributed by atoms with Crippen molar-refractivity contribution in [2.45, 2.75) is 45.3 Å². The maximum atomic E-state index is 12.6. The summed E-state index contributed by atoms with van der Waals surface area (Å²) in [6, 6.07) is 0. The predicted octanol–water partition coefficient (Wildman–Crippen LogP) is 1.33. The molecule has 1 aromatic heterocycles. The maximum absolute atomic E-state index is 12.6. The maximum Gasteiger partial charge on any atom is 0.228 e. The number of hydrogen-bond acceptors (Lipinski definition) is 4. The molecule has 0 N–H and O–H groups in total. The molecule has 2 aliphatic heterocycles. The summed E-state index contributed by atoms with van der Waals surface area (Å²) in [5.74, 6) is 0.947. The molecule has 2 aliphatic rings. The molecule has 1 aromatic rings. The lowest BCUT2D eigenvalue weighted by atomic mass is 9.91. The first-order chi connectivity index (χ1) is 10.2. The van der Waals surface area contributed by atoms with Crippen molar-refractivity contribution >= 4 is 5.91 Å². The Morgan fingerprint density at radius 1 is 1.33 bits per heavy atom. The van der Waals surface area contributed by atoms with Gasteiger partial charge >= 0.3 is 0 Å². The number of ether oxygens (including phenoxy) is 1. The zero-order valence-corrected chi connectivity index (χ0v) is 12.6. The van der Waals surface area contributed by atoms with Crippen molar-refractivity contribution in [3.63, 3.8) is 0 Å². The molecule has 0 aromatic carbocycles. The Balaban J connectivity index is 1.49. The van der Waals surface area contributed by atoms with Crippen molar-refractivity contribution in [2.75, 3.05) is 19.7 Å². The number of nitrogens with zero attached hydrogens (tertiary/aromatic N) is 4. The van der Waals surface area contributed by atoms with E-state index in [1.165, 1.54) is 0 Å². The number of carbonyl (C=O) groups is 1. The van der Waals surface area contributed by atoms with E-state index in [9.17, 15) is 4.79 Å². The van der Waals surface area contributed by atoms with E-state index in [0.717, 1.165) is 51.9 Å². The molecule has 2 fully saturated rings. The molecule has 116 valence electrons. The highest BCUT2D eigenvalue weighted by molar-refractivity contribution is 5.79. The van der Waals surface area contributed by atoms with E-state index < -0.39 is 0 Å². The normalized spacial score (nSPS) is 27.8. The molecule has 2 saturated heterocycles. The van der Waals surface area contributed by atoms with Gasteiger partial charge in [0.2, 0.25) is 5.91 Å². The van der Waals surface area contributed by atoms with Crippen molar-refractivity contribution in [3.8, 4) is 0 Å². The third-order valence-corrected chi connectivity index (χ3v) is 4.76. The van der Waals surface area contributed by atoms with Gasteiger partial charge in [-0.1, -0.05) is 0 Å². The van der Waals surface area contributed by atoms with Gasteiger partial charge in [0.1, 0.15) is 12.7 Å². The summed E-state index contributed by atoms with van der Waals surface area (Å²) in [5.41, 5.74) is 0. The Kier molecular flexibility index (Phi) is 4.53. The van der Waals surface area contributed by atoms with Gasteiger partial charge in [0.25, 0.3) is 0 Å². The molecule has 2 atom stereocenters. The third-order valence-electron chi connectivity index (χ3n) is 4.76. The van der Waals surface area contributed by atoms with Gasteiger partial charge in [0, 0.05) is 26.2 Å². The summed E-state index contributed by atoms with van der Waals surface area (Å²) in [5, 5.41) is 4.16. The Morgan fingerprint density at radius 2 is 2.14 bits per heavy atom. The van der Waals surface area contributed by atoms with E-state index in [4.69, 9.17) is 4.74 Å². The van der Waals surface area contributed by atoms with Gasteiger partial charge in [-0.05, 0) is 38.5 Å². The van der Waals surface area contributed by atoms with Crippen LogP contribution in [-0.4, -0.2) is 51.4 Å². The van der Waals surface area contributed by atoms with Gasteiger partial charge in [-0.25, -0.2) is 4.98 Å². The van der Waals surface area contributed by atoms with Gasteiger partial charge in [-0.2, -0.15) is 5.10 Å². The third kappa shape index (κ3) is 3.43. The topological polar surface area (TPSA) is 60.2 Å². The highest BCUT2D eigenvalue weighted by atomic mass is 16.5. The van der Waals surface area contributed by atoms with Crippen LogP contribution in [0.25, 0.3) is 0 Å². The van der Waals surface area contributed by atoms with Crippen LogP contribution in [0, 0.1) is 11.8 Å². The summed E-state index contributed by atoms with van der Waals surface area (Å²) >= 11 is 0. The van der Waals surface area contributed by atoms with Crippen LogP contribution < -0.4 is 0 Å². The lowest BCUT2D eigenvalue weighted by Crippen LogP contribution is -2.46. The van der Waals surface area contributed by atoms with Crippen LogP contribution in [0.15, 0.2) is 12.7 Å². The fourth-order valence-electron chi connectivity index (χ4n) is 3.41. The molecule has 3 heterocycles. The zero-order valence-electron chi connectivity index (χ0n) is 12.6. The first kappa shape index (κ1) is 14.5. The molecular weight excluding hydrogens is 268 g/mol. The molecule has 1 amide bonds. The van der Waals surface area contributed by atoms with Crippen LogP contribution in [0.5, 0.6) is 0 Å². The van der Waals surface area contributed by atoms with Gasteiger partial charge in [0.05, 0.1) is 12.0 Å². The average molecular weight is 292 g/mol. The molecule has 21 heavy (non-hydrogen) atoms. The number of carbonyl (C=O) groups excluding carboxylic acids is 1. The summed E-state index contributed by atoms with van der Waals surface area (Å²) in [6.07, 6.45) is 7.48. The molecular formula is C15H24N4O2. The fourth-order valence-corrected chi connectivity index (χ4v) is 3.41. The highest BCUT2D eigenvalue weighted by Gasteiger charge is 2.33. The number of rotatable bonds is 3. The largest absolute Gasteiger partial charge is 0.378 e. The van der Waals surface area contributed by atoms with E-state index in [1.807, 2.05) is 16.5 Å². The predicted molar refractivity (Wildman–Crippen MR) is 77.5 cm³/mol. The monoisotopic (exact) mass is 292 g/mol. The van der Waals surface area contributed by atoms with Gasteiger partial charge in [0.15, 0.2) is 0 Å². The van der Waals surface area contributed by atoms with E-state index in [0.29, 0.717) is 11.8 Å². The highest BCUT2D eigenvalue weighted by Crippen LogP contribution is 2.26. The first-order valence-electron chi connectivity index (χ1n) is 7.97. The standard InChI is InChI=1S/C15H24N4O2/c1-12-14(3-2-8-21-12)15(20)18-6-4-13(5-7-18)9-19-11-16-10-17-19/h10-14H,2-9H2,1H3/t12-,14+/m1/s1. The molecule has 0 bridgehead atoms. The first-order valence-corrected chi connectivity index (χ1v) is 7.97. The van der Waals surface area contributed by atoms with Crippen molar-refractivity contribution in [1.82, 2.24) is 19.7 Å². The Labute approximate surface area is 125 Å². The second kappa shape index (κ2) is 6.56. The molecule has 3 rings (SSSR count). The fraction of sp³-hybridized carbons (Fsp3) is 0.800. The smallest absolute Gasteiger partial charge is 0.228 e. The molecule has 0 aliphatic carbocycles. The van der Waals surface area contributed by atoms with Crippen LogP contribution >= 0.6 is 0 Å². The number of hydrogen-bond donors (Lipinski definition) is 0. The van der Waals surface area contributed by atoms with Gasteiger partial charge < -0.3 is 9.64 Å².